The van der Waals surface area contributed by atoms with Gasteiger partial charge in [0.05, 0.1) is 23.5 Å². The number of aromatic amines is 1. The average molecular weight is 323 g/mol. The zero-order chi connectivity index (χ0) is 16.6. The Morgan fingerprint density at radius 2 is 2.17 bits per heavy atom. The number of alkyl halides is 3. The van der Waals surface area contributed by atoms with Gasteiger partial charge in [-0.15, -0.1) is 0 Å². The van der Waals surface area contributed by atoms with E-state index in [0.717, 1.165) is 25.0 Å². The maximum Gasteiger partial charge on any atom is 0.416 e. The highest BCUT2D eigenvalue weighted by Gasteiger charge is 2.32. The van der Waals surface area contributed by atoms with Crippen molar-refractivity contribution in [1.29, 1.82) is 0 Å². The molecule has 1 aromatic carbocycles. The Hall–Kier alpha value is -2.31. The van der Waals surface area contributed by atoms with E-state index in [-0.39, 0.29) is 11.9 Å². The molecule has 1 fully saturated rings. The van der Waals surface area contributed by atoms with Crippen LogP contribution in [-0.2, 0) is 11.0 Å². The molecule has 23 heavy (non-hydrogen) atoms. The molecular weight excluding hydrogens is 307 g/mol. The van der Waals surface area contributed by atoms with Gasteiger partial charge in [-0.2, -0.15) is 13.2 Å². The molecule has 0 saturated carbocycles. The summed E-state index contributed by atoms with van der Waals surface area (Å²) in [5.41, 5.74) is 0.241. The molecule has 0 radical (unpaired) electrons. The topological polar surface area (TPSA) is 49.0 Å². The van der Waals surface area contributed by atoms with E-state index in [0.29, 0.717) is 23.6 Å². The number of halogens is 3. The summed E-state index contributed by atoms with van der Waals surface area (Å²) in [6.07, 6.45) is -1.17. The van der Waals surface area contributed by atoms with E-state index >= 15 is 0 Å². The van der Waals surface area contributed by atoms with E-state index in [4.69, 9.17) is 0 Å². The van der Waals surface area contributed by atoms with Crippen LogP contribution in [0.25, 0.3) is 11.3 Å². The molecular formula is C16H16F3N3O. The van der Waals surface area contributed by atoms with Gasteiger partial charge in [0.15, 0.2) is 0 Å². The van der Waals surface area contributed by atoms with E-state index in [1.165, 1.54) is 19.2 Å². The summed E-state index contributed by atoms with van der Waals surface area (Å²) in [7, 11) is 0. The third kappa shape index (κ3) is 3.09. The van der Waals surface area contributed by atoms with Crippen molar-refractivity contribution >= 4 is 5.91 Å². The molecule has 1 atom stereocenters. The number of hydrogen-bond donors (Lipinski definition) is 1. The summed E-state index contributed by atoms with van der Waals surface area (Å²) < 4.78 is 38.4. The number of H-pyrrole nitrogens is 1. The van der Waals surface area contributed by atoms with Gasteiger partial charge < -0.3 is 9.88 Å². The third-order valence-corrected chi connectivity index (χ3v) is 4.07. The summed E-state index contributed by atoms with van der Waals surface area (Å²) in [5, 5.41) is 0. The smallest absolute Gasteiger partial charge is 0.340 e. The average Bonchev–Trinajstić information content (AvgIpc) is 3.15. The molecule has 1 N–H and O–H groups in total. The fourth-order valence-electron chi connectivity index (χ4n) is 2.94. The summed E-state index contributed by atoms with van der Waals surface area (Å²) in [5.74, 6) is 0.592. The fraction of sp³-hybridized carbons (Fsp3) is 0.375. The van der Waals surface area contributed by atoms with Crippen LogP contribution in [0.4, 0.5) is 13.2 Å². The monoisotopic (exact) mass is 323 g/mol. The molecule has 1 aromatic heterocycles. The molecule has 7 heteroatoms. The number of amides is 1. The van der Waals surface area contributed by atoms with Gasteiger partial charge in [-0.05, 0) is 25.0 Å². The number of benzene rings is 1. The van der Waals surface area contributed by atoms with E-state index in [9.17, 15) is 18.0 Å². The second-order valence-corrected chi connectivity index (χ2v) is 5.63. The lowest BCUT2D eigenvalue weighted by Gasteiger charge is -2.21. The zero-order valence-corrected chi connectivity index (χ0v) is 12.5. The minimum Gasteiger partial charge on any atom is -0.340 e. The SMILES string of the molecule is CC(=O)N1CCCC1c1ncc(-c2cccc(C(F)(F)F)c2)[nH]1. The van der Waals surface area contributed by atoms with E-state index in [1.54, 1.807) is 11.0 Å². The van der Waals surface area contributed by atoms with Crippen molar-refractivity contribution in [2.24, 2.45) is 0 Å². The summed E-state index contributed by atoms with van der Waals surface area (Å²) in [4.78, 5) is 20.7. The predicted octanol–water partition coefficient (Wildman–Crippen LogP) is 3.78. The molecule has 1 saturated heterocycles. The van der Waals surface area contributed by atoms with Crippen LogP contribution in [0, 0.1) is 0 Å². The van der Waals surface area contributed by atoms with Crippen molar-refractivity contribution in [2.75, 3.05) is 6.54 Å². The molecule has 1 unspecified atom stereocenters. The van der Waals surface area contributed by atoms with Crippen LogP contribution >= 0.6 is 0 Å². The third-order valence-electron chi connectivity index (χ3n) is 4.07. The van der Waals surface area contributed by atoms with Crippen LogP contribution in [0.1, 0.15) is 37.2 Å². The molecule has 0 bridgehead atoms. The molecule has 3 rings (SSSR count). The normalized spacial score (nSPS) is 18.4. The van der Waals surface area contributed by atoms with Crippen molar-refractivity contribution in [3.05, 3.63) is 41.9 Å². The van der Waals surface area contributed by atoms with Gasteiger partial charge >= 0.3 is 6.18 Å². The quantitative estimate of drug-likeness (QED) is 0.914. The largest absolute Gasteiger partial charge is 0.416 e. The van der Waals surface area contributed by atoms with Crippen molar-refractivity contribution in [3.8, 4) is 11.3 Å². The number of imidazole rings is 1. The first-order valence-corrected chi connectivity index (χ1v) is 7.36. The first kappa shape index (κ1) is 15.6. The molecule has 1 aliphatic rings. The van der Waals surface area contributed by atoms with E-state index in [1.807, 2.05) is 0 Å². The lowest BCUT2D eigenvalue weighted by Crippen LogP contribution is -2.28. The van der Waals surface area contributed by atoms with E-state index in [2.05, 4.69) is 9.97 Å². The molecule has 0 aliphatic carbocycles. The maximum absolute atomic E-state index is 12.8. The Morgan fingerprint density at radius 1 is 1.39 bits per heavy atom. The second-order valence-electron chi connectivity index (χ2n) is 5.63. The molecule has 2 aromatic rings. The molecule has 1 amide bonds. The molecule has 4 nitrogen and oxygen atoms in total. The van der Waals surface area contributed by atoms with Crippen LogP contribution < -0.4 is 0 Å². The number of aromatic nitrogens is 2. The summed E-state index contributed by atoms with van der Waals surface area (Å²) in [6.45, 7) is 2.19. The second kappa shape index (κ2) is 5.72. The summed E-state index contributed by atoms with van der Waals surface area (Å²) >= 11 is 0. The Kier molecular flexibility index (Phi) is 3.87. The standard InChI is InChI=1S/C16H16F3N3O/c1-10(23)22-7-3-6-14(22)15-20-9-13(21-15)11-4-2-5-12(8-11)16(17,18)19/h2,4-5,8-9,14H,3,6-7H2,1H3,(H,20,21). The van der Waals surface area contributed by atoms with Crippen LogP contribution in [0.5, 0.6) is 0 Å². The van der Waals surface area contributed by atoms with Gasteiger partial charge in [0.25, 0.3) is 0 Å². The Morgan fingerprint density at radius 3 is 2.87 bits per heavy atom. The zero-order valence-electron chi connectivity index (χ0n) is 12.5. The van der Waals surface area contributed by atoms with Crippen molar-refractivity contribution in [3.63, 3.8) is 0 Å². The Balaban J connectivity index is 1.89. The van der Waals surface area contributed by atoms with Gasteiger partial charge in [-0.1, -0.05) is 12.1 Å². The first-order valence-electron chi connectivity index (χ1n) is 7.36. The molecule has 0 spiro atoms. The number of rotatable bonds is 2. The van der Waals surface area contributed by atoms with Crippen LogP contribution in [-0.4, -0.2) is 27.3 Å². The number of nitrogens with one attached hydrogen (secondary N) is 1. The number of hydrogen-bond acceptors (Lipinski definition) is 2. The van der Waals surface area contributed by atoms with Gasteiger partial charge in [0, 0.05) is 19.0 Å². The molecule has 1 aliphatic heterocycles. The van der Waals surface area contributed by atoms with E-state index < -0.39 is 11.7 Å². The summed E-state index contributed by atoms with van der Waals surface area (Å²) in [6, 6.07) is 4.97. The van der Waals surface area contributed by atoms with Gasteiger partial charge in [-0.3, -0.25) is 4.79 Å². The van der Waals surface area contributed by atoms with Gasteiger partial charge in [0.1, 0.15) is 5.82 Å². The lowest BCUT2D eigenvalue weighted by atomic mass is 10.1. The molecule has 2 heterocycles. The number of likely N-dealkylation sites (tertiary alicyclic amines) is 1. The van der Waals surface area contributed by atoms with Gasteiger partial charge in [0.2, 0.25) is 5.91 Å². The predicted molar refractivity (Wildman–Crippen MR) is 78.4 cm³/mol. The number of carbonyl (C=O) groups excluding carboxylic acids is 1. The maximum atomic E-state index is 12.8. The minimum atomic E-state index is -4.38. The highest BCUT2D eigenvalue weighted by atomic mass is 19.4. The highest BCUT2D eigenvalue weighted by Crippen LogP contribution is 2.34. The molecule has 122 valence electrons. The van der Waals surface area contributed by atoms with Crippen LogP contribution in [0.2, 0.25) is 0 Å². The van der Waals surface area contributed by atoms with Crippen LogP contribution in [0.15, 0.2) is 30.5 Å². The van der Waals surface area contributed by atoms with Crippen molar-refractivity contribution < 1.29 is 18.0 Å². The van der Waals surface area contributed by atoms with Crippen LogP contribution in [0.3, 0.4) is 0 Å². The highest BCUT2D eigenvalue weighted by molar-refractivity contribution is 5.74. The van der Waals surface area contributed by atoms with Crippen molar-refractivity contribution in [2.45, 2.75) is 32.0 Å². The Labute approximate surface area is 131 Å². The fourth-order valence-corrected chi connectivity index (χ4v) is 2.94. The van der Waals surface area contributed by atoms with Gasteiger partial charge in [-0.25, -0.2) is 4.98 Å². The number of nitrogens with zero attached hydrogens (tertiary/aromatic N) is 2. The Bertz CT molecular complexity index is 723. The van der Waals surface area contributed by atoms with Crippen molar-refractivity contribution in [1.82, 2.24) is 14.9 Å². The lowest BCUT2D eigenvalue weighted by molar-refractivity contribution is -0.137. The first-order chi connectivity index (χ1) is 10.9. The minimum absolute atomic E-state index is 0.0236. The number of carbonyl (C=O) groups is 1.